The molecule has 0 spiro atoms. The Labute approximate surface area is 106 Å². The van der Waals surface area contributed by atoms with E-state index in [9.17, 15) is 13.2 Å². The summed E-state index contributed by atoms with van der Waals surface area (Å²) in [7, 11) is -3.04. The molecule has 1 saturated heterocycles. The van der Waals surface area contributed by atoms with E-state index in [0.29, 0.717) is 12.8 Å². The topological polar surface area (TPSA) is 102 Å². The van der Waals surface area contributed by atoms with Crippen LogP contribution in [0.5, 0.6) is 0 Å². The molecule has 2 rings (SSSR count). The number of sulfone groups is 1. The molecule has 0 bridgehead atoms. The fourth-order valence-electron chi connectivity index (χ4n) is 2.00. The smallest absolute Gasteiger partial charge is 0.272 e. The predicted molar refractivity (Wildman–Crippen MR) is 67.8 cm³/mol. The van der Waals surface area contributed by atoms with Gasteiger partial charge in [0, 0.05) is 12.2 Å². The zero-order chi connectivity index (χ0) is 13.2. The molecule has 7 heteroatoms. The average molecular weight is 269 g/mol. The lowest BCUT2D eigenvalue weighted by Crippen LogP contribution is -2.43. The van der Waals surface area contributed by atoms with Gasteiger partial charge in [-0.1, -0.05) is 0 Å². The number of amides is 1. The molecule has 1 aromatic rings. The minimum Gasteiger partial charge on any atom is -0.397 e. The molecule has 1 aliphatic heterocycles. The van der Waals surface area contributed by atoms with E-state index in [1.807, 2.05) is 0 Å². The summed E-state index contributed by atoms with van der Waals surface area (Å²) < 4.78 is 22.9. The summed E-state index contributed by atoms with van der Waals surface area (Å²) in [6.07, 6.45) is 2.71. The normalized spacial score (nSPS) is 22.3. The van der Waals surface area contributed by atoms with Crippen molar-refractivity contribution >= 4 is 21.4 Å². The summed E-state index contributed by atoms with van der Waals surface area (Å²) in [6.45, 7) is 0. The molecule has 18 heavy (non-hydrogen) atoms. The van der Waals surface area contributed by atoms with Gasteiger partial charge in [-0.3, -0.25) is 4.79 Å². The third-order valence-corrected chi connectivity index (χ3v) is 4.67. The van der Waals surface area contributed by atoms with Gasteiger partial charge in [-0.05, 0) is 25.0 Å². The molecule has 1 amide bonds. The van der Waals surface area contributed by atoms with Crippen molar-refractivity contribution in [3.63, 3.8) is 0 Å². The van der Waals surface area contributed by atoms with Gasteiger partial charge in [0.2, 0.25) is 0 Å². The highest BCUT2D eigenvalue weighted by atomic mass is 32.2. The Morgan fingerprint density at radius 1 is 1.50 bits per heavy atom. The summed E-state index contributed by atoms with van der Waals surface area (Å²) >= 11 is 0. The molecule has 1 aliphatic rings. The minimum atomic E-state index is -3.04. The van der Waals surface area contributed by atoms with Gasteiger partial charge in [0.1, 0.15) is 0 Å². The lowest BCUT2D eigenvalue weighted by Gasteiger charge is -2.22. The van der Waals surface area contributed by atoms with Crippen LogP contribution in [0.4, 0.5) is 5.69 Å². The van der Waals surface area contributed by atoms with Crippen molar-refractivity contribution in [1.82, 2.24) is 10.3 Å². The van der Waals surface area contributed by atoms with Gasteiger partial charge < -0.3 is 11.1 Å². The molecule has 1 atom stereocenters. The van der Waals surface area contributed by atoms with Gasteiger partial charge in [-0.2, -0.15) is 0 Å². The van der Waals surface area contributed by atoms with Gasteiger partial charge in [0.05, 0.1) is 17.2 Å². The number of nitrogens with two attached hydrogens (primary N) is 1. The number of rotatable bonds is 2. The maximum atomic E-state index is 11.9. The van der Waals surface area contributed by atoms with Crippen molar-refractivity contribution < 1.29 is 13.2 Å². The standard InChI is InChI=1S/C11H15N3O3S/c12-9-4-1-5-13-10(9)11(15)14-8-3-2-6-18(16,17)7-8/h1,4-5,8H,2-3,6-7,12H2,(H,14,15). The number of carbonyl (C=O) groups is 1. The molecule has 98 valence electrons. The van der Waals surface area contributed by atoms with Crippen LogP contribution >= 0.6 is 0 Å². The Bertz CT molecular complexity index is 556. The number of hydrogen-bond donors (Lipinski definition) is 2. The average Bonchev–Trinajstić information content (AvgIpc) is 2.28. The highest BCUT2D eigenvalue weighted by Crippen LogP contribution is 2.13. The Morgan fingerprint density at radius 3 is 2.94 bits per heavy atom. The van der Waals surface area contributed by atoms with Crippen molar-refractivity contribution in [2.24, 2.45) is 0 Å². The minimum absolute atomic E-state index is 0.00845. The molecule has 1 fully saturated rings. The van der Waals surface area contributed by atoms with E-state index in [-0.39, 0.29) is 28.9 Å². The van der Waals surface area contributed by atoms with Crippen LogP contribution in [0.15, 0.2) is 18.3 Å². The van der Waals surface area contributed by atoms with E-state index in [0.717, 1.165) is 0 Å². The van der Waals surface area contributed by atoms with Crippen LogP contribution in [-0.4, -0.2) is 36.9 Å². The summed E-state index contributed by atoms with van der Waals surface area (Å²) in [5, 5.41) is 2.67. The lowest BCUT2D eigenvalue weighted by molar-refractivity contribution is 0.0934. The van der Waals surface area contributed by atoms with E-state index in [2.05, 4.69) is 10.3 Å². The molecule has 3 N–H and O–H groups in total. The van der Waals surface area contributed by atoms with Crippen LogP contribution in [0.2, 0.25) is 0 Å². The van der Waals surface area contributed by atoms with E-state index in [4.69, 9.17) is 5.73 Å². The molecule has 0 radical (unpaired) electrons. The predicted octanol–water partition coefficient (Wildman–Crippen LogP) is -0.0292. The van der Waals surface area contributed by atoms with Gasteiger partial charge >= 0.3 is 0 Å². The number of aromatic nitrogens is 1. The van der Waals surface area contributed by atoms with Crippen LogP contribution in [0, 0.1) is 0 Å². The fourth-order valence-corrected chi connectivity index (χ4v) is 3.63. The second-order valence-corrected chi connectivity index (χ2v) is 6.60. The SMILES string of the molecule is Nc1cccnc1C(=O)NC1CCCS(=O)(=O)C1. The van der Waals surface area contributed by atoms with Crippen molar-refractivity contribution in [2.45, 2.75) is 18.9 Å². The Balaban J connectivity index is 2.06. The van der Waals surface area contributed by atoms with E-state index >= 15 is 0 Å². The van der Waals surface area contributed by atoms with Crippen molar-refractivity contribution in [1.29, 1.82) is 0 Å². The first-order valence-corrected chi connectivity index (χ1v) is 7.52. The van der Waals surface area contributed by atoms with Gasteiger partial charge in [-0.15, -0.1) is 0 Å². The van der Waals surface area contributed by atoms with Crippen molar-refractivity contribution in [3.8, 4) is 0 Å². The van der Waals surface area contributed by atoms with Gasteiger partial charge in [-0.25, -0.2) is 13.4 Å². The summed E-state index contributed by atoms with van der Waals surface area (Å²) in [5.41, 5.74) is 6.06. The second kappa shape index (κ2) is 4.93. The van der Waals surface area contributed by atoms with Crippen LogP contribution < -0.4 is 11.1 Å². The molecule has 6 nitrogen and oxygen atoms in total. The first-order valence-electron chi connectivity index (χ1n) is 5.70. The molecule has 1 aromatic heterocycles. The molecule has 0 saturated carbocycles. The molecular formula is C11H15N3O3S. The number of nitrogens with zero attached hydrogens (tertiary/aromatic N) is 1. The van der Waals surface area contributed by atoms with Crippen LogP contribution in [-0.2, 0) is 9.84 Å². The zero-order valence-electron chi connectivity index (χ0n) is 9.80. The number of nitrogen functional groups attached to an aromatic ring is 1. The van der Waals surface area contributed by atoms with Crippen LogP contribution in [0.1, 0.15) is 23.3 Å². The highest BCUT2D eigenvalue weighted by Gasteiger charge is 2.26. The third kappa shape index (κ3) is 2.98. The molecule has 2 heterocycles. The van der Waals surface area contributed by atoms with Gasteiger partial charge in [0.25, 0.3) is 5.91 Å². The van der Waals surface area contributed by atoms with Crippen molar-refractivity contribution in [3.05, 3.63) is 24.0 Å². The fraction of sp³-hybridized carbons (Fsp3) is 0.455. The Hall–Kier alpha value is -1.63. The maximum absolute atomic E-state index is 11.9. The van der Waals surface area contributed by atoms with Gasteiger partial charge in [0.15, 0.2) is 15.5 Å². The Morgan fingerprint density at radius 2 is 2.28 bits per heavy atom. The van der Waals surface area contributed by atoms with E-state index in [1.54, 1.807) is 12.1 Å². The molecule has 0 aliphatic carbocycles. The summed E-state index contributed by atoms with van der Waals surface area (Å²) in [4.78, 5) is 15.8. The third-order valence-electron chi connectivity index (χ3n) is 2.85. The molecule has 0 aromatic carbocycles. The first kappa shape index (κ1) is 12.8. The molecular weight excluding hydrogens is 254 g/mol. The number of pyridine rings is 1. The van der Waals surface area contributed by atoms with E-state index in [1.165, 1.54) is 6.20 Å². The number of nitrogens with one attached hydrogen (secondary N) is 1. The molecule has 1 unspecified atom stereocenters. The number of carbonyl (C=O) groups excluding carboxylic acids is 1. The lowest BCUT2D eigenvalue weighted by atomic mass is 10.2. The second-order valence-electron chi connectivity index (χ2n) is 4.37. The van der Waals surface area contributed by atoms with Crippen LogP contribution in [0.3, 0.4) is 0 Å². The summed E-state index contributed by atoms with van der Waals surface area (Å²) in [6, 6.07) is 2.87. The largest absolute Gasteiger partial charge is 0.397 e. The van der Waals surface area contributed by atoms with E-state index < -0.39 is 15.7 Å². The van der Waals surface area contributed by atoms with Crippen LogP contribution in [0.25, 0.3) is 0 Å². The highest BCUT2D eigenvalue weighted by molar-refractivity contribution is 7.91. The zero-order valence-corrected chi connectivity index (χ0v) is 10.6. The number of anilines is 1. The monoisotopic (exact) mass is 269 g/mol. The van der Waals surface area contributed by atoms with Crippen molar-refractivity contribution in [2.75, 3.05) is 17.2 Å². The first-order chi connectivity index (χ1) is 8.48. The maximum Gasteiger partial charge on any atom is 0.272 e. The number of hydrogen-bond acceptors (Lipinski definition) is 5. The summed E-state index contributed by atoms with van der Waals surface area (Å²) in [5.74, 6) is -0.230. The quantitative estimate of drug-likeness (QED) is 0.785. The Kier molecular flexibility index (Phi) is 3.51.